The Morgan fingerprint density at radius 2 is 1.88 bits per heavy atom. The quantitative estimate of drug-likeness (QED) is 0.378. The molecule has 0 atom stereocenters. The molecule has 3 heterocycles. The van der Waals surface area contributed by atoms with E-state index in [9.17, 15) is 4.79 Å². The molecule has 0 amide bonds. The van der Waals surface area contributed by atoms with E-state index in [1.165, 1.54) is 4.68 Å². The fraction of sp³-hybridized carbons (Fsp3) is 0.115. The maximum absolute atomic E-state index is 13.1. The maximum Gasteiger partial charge on any atom is 0.282 e. The van der Waals surface area contributed by atoms with Crippen molar-refractivity contribution in [2.24, 2.45) is 0 Å². The van der Waals surface area contributed by atoms with Crippen LogP contribution in [0, 0.1) is 6.92 Å². The molecule has 0 saturated heterocycles. The van der Waals surface area contributed by atoms with Gasteiger partial charge in [-0.25, -0.2) is 0 Å². The SMILES string of the molecule is Cc1[nH]cc2c(=O)n(-c3ccc(Cl)cc3)nc-2c1-c1cccc(CNCc2ccccn2)c1. The summed E-state index contributed by atoms with van der Waals surface area (Å²) in [4.78, 5) is 20.7. The van der Waals surface area contributed by atoms with Gasteiger partial charge in [-0.3, -0.25) is 9.78 Å². The summed E-state index contributed by atoms with van der Waals surface area (Å²) in [6, 6.07) is 21.3. The topological polar surface area (TPSA) is 75.6 Å². The van der Waals surface area contributed by atoms with Crippen molar-refractivity contribution < 1.29 is 0 Å². The van der Waals surface area contributed by atoms with E-state index in [2.05, 4.69) is 27.4 Å². The van der Waals surface area contributed by atoms with Crippen molar-refractivity contribution in [2.45, 2.75) is 20.0 Å². The lowest BCUT2D eigenvalue weighted by Gasteiger charge is -2.12. The highest BCUT2D eigenvalue weighted by atomic mass is 35.5. The zero-order chi connectivity index (χ0) is 22.8. The molecule has 2 aromatic carbocycles. The summed E-state index contributed by atoms with van der Waals surface area (Å²) in [5, 5.41) is 8.75. The van der Waals surface area contributed by atoms with Crippen molar-refractivity contribution in [1.82, 2.24) is 25.1 Å². The van der Waals surface area contributed by atoms with Crippen molar-refractivity contribution in [3.63, 3.8) is 0 Å². The molecule has 0 fully saturated rings. The third kappa shape index (κ3) is 4.31. The van der Waals surface area contributed by atoms with E-state index in [1.807, 2.05) is 37.3 Å². The molecule has 3 aromatic rings. The minimum atomic E-state index is -0.169. The number of hydrogen-bond acceptors (Lipinski definition) is 4. The highest BCUT2D eigenvalue weighted by molar-refractivity contribution is 6.30. The summed E-state index contributed by atoms with van der Waals surface area (Å²) in [6.07, 6.45) is 3.53. The van der Waals surface area contributed by atoms with Gasteiger partial charge in [0.25, 0.3) is 5.56 Å². The molecule has 0 spiro atoms. The van der Waals surface area contributed by atoms with E-state index in [1.54, 1.807) is 36.7 Å². The van der Waals surface area contributed by atoms with Crippen molar-refractivity contribution in [3.8, 4) is 28.1 Å². The number of halogens is 1. The zero-order valence-corrected chi connectivity index (χ0v) is 18.8. The lowest BCUT2D eigenvalue weighted by Crippen LogP contribution is -2.14. The molecule has 0 saturated carbocycles. The van der Waals surface area contributed by atoms with E-state index in [-0.39, 0.29) is 5.56 Å². The maximum atomic E-state index is 13.1. The summed E-state index contributed by atoms with van der Waals surface area (Å²) in [7, 11) is 0. The van der Waals surface area contributed by atoms with E-state index in [4.69, 9.17) is 16.7 Å². The first-order valence-electron chi connectivity index (χ1n) is 10.7. The van der Waals surface area contributed by atoms with Crippen molar-refractivity contribution >= 4 is 11.6 Å². The molecule has 164 valence electrons. The number of aromatic nitrogens is 4. The van der Waals surface area contributed by atoms with Gasteiger partial charge in [-0.1, -0.05) is 35.9 Å². The molecule has 0 aliphatic carbocycles. The van der Waals surface area contributed by atoms with E-state index >= 15 is 0 Å². The van der Waals surface area contributed by atoms with Crippen molar-refractivity contribution in [3.05, 3.63) is 111 Å². The molecular weight excluding hydrogens is 434 g/mol. The minimum absolute atomic E-state index is 0.169. The predicted octanol–water partition coefficient (Wildman–Crippen LogP) is 4.98. The van der Waals surface area contributed by atoms with E-state index in [0.717, 1.165) is 28.1 Å². The van der Waals surface area contributed by atoms with Crippen LogP contribution in [0.2, 0.25) is 5.02 Å². The van der Waals surface area contributed by atoms with Crippen LogP contribution in [0.25, 0.3) is 28.1 Å². The van der Waals surface area contributed by atoms with Gasteiger partial charge in [-0.2, -0.15) is 9.78 Å². The molecule has 0 unspecified atom stereocenters. The first kappa shape index (κ1) is 21.1. The van der Waals surface area contributed by atoms with Crippen molar-refractivity contribution in [1.29, 1.82) is 0 Å². The Labute approximate surface area is 196 Å². The highest BCUT2D eigenvalue weighted by Gasteiger charge is 2.22. The van der Waals surface area contributed by atoms with Gasteiger partial charge in [0.1, 0.15) is 5.69 Å². The van der Waals surface area contributed by atoms with Gasteiger partial charge in [0, 0.05) is 41.8 Å². The van der Waals surface area contributed by atoms with Gasteiger partial charge in [-0.05, 0) is 60.5 Å². The Kier molecular flexibility index (Phi) is 5.77. The number of pyridine rings is 2. The fourth-order valence-electron chi connectivity index (χ4n) is 3.94. The summed E-state index contributed by atoms with van der Waals surface area (Å²) in [5.74, 6) is 0. The third-order valence-electron chi connectivity index (χ3n) is 5.57. The molecule has 33 heavy (non-hydrogen) atoms. The number of fused-ring (bicyclic) bond motifs is 1. The molecule has 2 aliphatic heterocycles. The smallest absolute Gasteiger partial charge is 0.282 e. The number of benzene rings is 2. The number of nitrogens with zero attached hydrogens (tertiary/aromatic N) is 3. The number of nitrogens with one attached hydrogen (secondary N) is 2. The molecule has 7 heteroatoms. The number of H-pyrrole nitrogens is 1. The number of aryl methyl sites for hydroxylation is 1. The summed E-state index contributed by atoms with van der Waals surface area (Å²) in [6.45, 7) is 3.39. The van der Waals surface area contributed by atoms with Crippen LogP contribution in [-0.2, 0) is 13.1 Å². The van der Waals surface area contributed by atoms with Crippen LogP contribution in [0.3, 0.4) is 0 Å². The minimum Gasteiger partial charge on any atom is -0.364 e. The molecule has 0 bridgehead atoms. The van der Waals surface area contributed by atoms with Crippen LogP contribution in [-0.4, -0.2) is 19.7 Å². The first-order chi connectivity index (χ1) is 16.1. The summed E-state index contributed by atoms with van der Waals surface area (Å²) >= 11 is 6.01. The number of rotatable bonds is 6. The monoisotopic (exact) mass is 455 g/mol. The summed E-state index contributed by atoms with van der Waals surface area (Å²) < 4.78 is 1.43. The first-order valence-corrected chi connectivity index (χ1v) is 11.0. The Balaban J connectivity index is 1.48. The second kappa shape index (κ2) is 9.02. The Morgan fingerprint density at radius 1 is 1.03 bits per heavy atom. The van der Waals surface area contributed by atoms with Crippen molar-refractivity contribution in [2.75, 3.05) is 0 Å². The van der Waals surface area contributed by atoms with E-state index < -0.39 is 0 Å². The lowest BCUT2D eigenvalue weighted by atomic mass is 9.97. The second-order valence-electron chi connectivity index (χ2n) is 7.87. The van der Waals surface area contributed by atoms with Crippen LogP contribution in [0.15, 0.2) is 83.9 Å². The average molecular weight is 456 g/mol. The second-order valence-corrected chi connectivity index (χ2v) is 8.31. The van der Waals surface area contributed by atoms with Gasteiger partial charge in [0.2, 0.25) is 0 Å². The van der Waals surface area contributed by atoms with Gasteiger partial charge < -0.3 is 10.3 Å². The molecule has 2 N–H and O–H groups in total. The molecule has 5 rings (SSSR count). The molecule has 6 nitrogen and oxygen atoms in total. The molecule has 0 radical (unpaired) electrons. The summed E-state index contributed by atoms with van der Waals surface area (Å²) in [5.41, 5.74) is 6.74. The highest BCUT2D eigenvalue weighted by Crippen LogP contribution is 2.33. The van der Waals surface area contributed by atoms with Crippen LogP contribution in [0.1, 0.15) is 17.0 Å². The lowest BCUT2D eigenvalue weighted by molar-refractivity contribution is 0.680. The van der Waals surface area contributed by atoms with Crippen LogP contribution in [0.5, 0.6) is 0 Å². The Bertz CT molecular complexity index is 1420. The van der Waals surface area contributed by atoms with Gasteiger partial charge in [0.05, 0.1) is 16.9 Å². The molecule has 1 aromatic heterocycles. The Morgan fingerprint density at radius 3 is 2.67 bits per heavy atom. The van der Waals surface area contributed by atoms with Crippen LogP contribution >= 0.6 is 11.6 Å². The van der Waals surface area contributed by atoms with Gasteiger partial charge in [0.15, 0.2) is 0 Å². The normalized spacial score (nSPS) is 11.2. The van der Waals surface area contributed by atoms with Gasteiger partial charge in [-0.15, -0.1) is 0 Å². The molecule has 2 aliphatic rings. The fourth-order valence-corrected chi connectivity index (χ4v) is 4.07. The Hall–Kier alpha value is -3.74. The van der Waals surface area contributed by atoms with Crippen LogP contribution < -0.4 is 10.9 Å². The average Bonchev–Trinajstić information content (AvgIpc) is 3.16. The zero-order valence-electron chi connectivity index (χ0n) is 18.0. The standard InChI is InChI=1S/C26H22ClN5O/c1-17-24(19-6-4-5-18(13-19)14-28-15-21-7-2-3-12-29-21)25-23(16-30-17)26(33)32(31-25)22-10-8-20(27)9-11-22/h2-13,16,28,30H,14-15H2,1H3. The number of aromatic amines is 1. The molecular formula is C26H22ClN5O. The van der Waals surface area contributed by atoms with Crippen LogP contribution in [0.4, 0.5) is 0 Å². The third-order valence-corrected chi connectivity index (χ3v) is 5.82. The largest absolute Gasteiger partial charge is 0.364 e. The predicted molar refractivity (Wildman–Crippen MR) is 131 cm³/mol. The van der Waals surface area contributed by atoms with Gasteiger partial charge >= 0.3 is 0 Å². The number of hydrogen-bond donors (Lipinski definition) is 2. The van der Waals surface area contributed by atoms with E-state index in [0.29, 0.717) is 35.1 Å².